The summed E-state index contributed by atoms with van der Waals surface area (Å²) in [7, 11) is 1.48. The second kappa shape index (κ2) is 6.86. The molecule has 20 heavy (non-hydrogen) atoms. The lowest BCUT2D eigenvalue weighted by molar-refractivity contribution is 0.385. The molecule has 2 nitrogen and oxygen atoms in total. The van der Waals surface area contributed by atoms with Crippen molar-refractivity contribution in [2.75, 3.05) is 13.7 Å². The van der Waals surface area contributed by atoms with Gasteiger partial charge in [-0.05, 0) is 54.6 Å². The monoisotopic (exact) mass is 293 g/mol. The average molecular weight is 293 g/mol. The SMILES string of the molecule is CCCNC(c1ccc(OC)c(F)c1)c1ccsc1C. The zero-order chi connectivity index (χ0) is 14.5. The fourth-order valence-electron chi connectivity index (χ4n) is 2.25. The summed E-state index contributed by atoms with van der Waals surface area (Å²) in [6.45, 7) is 5.12. The smallest absolute Gasteiger partial charge is 0.165 e. The molecular weight excluding hydrogens is 273 g/mol. The molecule has 0 aliphatic heterocycles. The molecule has 2 aromatic rings. The molecule has 1 unspecified atom stereocenters. The second-order valence-corrected chi connectivity index (χ2v) is 5.83. The van der Waals surface area contributed by atoms with E-state index in [4.69, 9.17) is 4.74 Å². The van der Waals surface area contributed by atoms with E-state index in [0.29, 0.717) is 0 Å². The van der Waals surface area contributed by atoms with Crippen LogP contribution in [0.5, 0.6) is 5.75 Å². The molecule has 1 N–H and O–H groups in total. The van der Waals surface area contributed by atoms with E-state index >= 15 is 0 Å². The normalized spacial score (nSPS) is 12.4. The molecule has 1 aromatic heterocycles. The highest BCUT2D eigenvalue weighted by atomic mass is 32.1. The van der Waals surface area contributed by atoms with Gasteiger partial charge in [-0.2, -0.15) is 0 Å². The lowest BCUT2D eigenvalue weighted by Gasteiger charge is -2.20. The Balaban J connectivity index is 2.36. The Bertz CT molecular complexity index is 567. The van der Waals surface area contributed by atoms with Crippen molar-refractivity contribution < 1.29 is 9.13 Å². The van der Waals surface area contributed by atoms with Gasteiger partial charge in [0.05, 0.1) is 13.2 Å². The summed E-state index contributed by atoms with van der Waals surface area (Å²) in [6, 6.07) is 7.31. The van der Waals surface area contributed by atoms with Gasteiger partial charge in [-0.3, -0.25) is 0 Å². The molecule has 1 heterocycles. The third kappa shape index (κ3) is 3.19. The molecule has 1 atom stereocenters. The maximum atomic E-state index is 13.9. The van der Waals surface area contributed by atoms with E-state index in [1.807, 2.05) is 6.07 Å². The van der Waals surface area contributed by atoms with Crippen molar-refractivity contribution in [1.82, 2.24) is 5.32 Å². The van der Waals surface area contributed by atoms with Crippen molar-refractivity contribution in [2.45, 2.75) is 26.3 Å². The molecule has 0 bridgehead atoms. The number of nitrogens with one attached hydrogen (secondary N) is 1. The third-order valence-electron chi connectivity index (χ3n) is 3.32. The van der Waals surface area contributed by atoms with Crippen molar-refractivity contribution in [2.24, 2.45) is 0 Å². The Morgan fingerprint density at radius 3 is 2.70 bits per heavy atom. The number of hydrogen-bond donors (Lipinski definition) is 1. The molecule has 0 saturated heterocycles. The zero-order valence-electron chi connectivity index (χ0n) is 12.1. The Morgan fingerprint density at radius 2 is 2.15 bits per heavy atom. The fourth-order valence-corrected chi connectivity index (χ4v) is 2.99. The molecular formula is C16H20FNOS. The predicted octanol–water partition coefficient (Wildman–Crippen LogP) is 4.29. The number of hydrogen-bond acceptors (Lipinski definition) is 3. The van der Waals surface area contributed by atoms with Gasteiger partial charge in [-0.1, -0.05) is 13.0 Å². The number of aryl methyl sites for hydroxylation is 1. The molecule has 1 aromatic carbocycles. The summed E-state index contributed by atoms with van der Waals surface area (Å²) >= 11 is 1.71. The second-order valence-electron chi connectivity index (χ2n) is 4.71. The van der Waals surface area contributed by atoms with Crippen LogP contribution in [0.1, 0.15) is 35.4 Å². The average Bonchev–Trinajstić information content (AvgIpc) is 2.86. The van der Waals surface area contributed by atoms with E-state index in [2.05, 4.69) is 30.6 Å². The zero-order valence-corrected chi connectivity index (χ0v) is 12.9. The minimum absolute atomic E-state index is 0.0293. The Labute approximate surface area is 123 Å². The van der Waals surface area contributed by atoms with Gasteiger partial charge in [0, 0.05) is 4.88 Å². The Kier molecular flexibility index (Phi) is 5.15. The topological polar surface area (TPSA) is 21.3 Å². The molecule has 108 valence electrons. The van der Waals surface area contributed by atoms with Crippen LogP contribution in [-0.4, -0.2) is 13.7 Å². The maximum absolute atomic E-state index is 13.9. The third-order valence-corrected chi connectivity index (χ3v) is 4.18. The first-order valence-electron chi connectivity index (χ1n) is 6.78. The summed E-state index contributed by atoms with van der Waals surface area (Å²) in [5, 5.41) is 5.57. The number of benzene rings is 1. The standard InChI is InChI=1S/C16H20FNOS/c1-4-8-18-16(13-7-9-20-11(13)2)12-5-6-15(19-3)14(17)10-12/h5-7,9-10,16,18H,4,8H2,1-3H3. The van der Waals surface area contributed by atoms with Crippen molar-refractivity contribution in [3.63, 3.8) is 0 Å². The van der Waals surface area contributed by atoms with Crippen LogP contribution >= 0.6 is 11.3 Å². The Hall–Kier alpha value is -1.39. The highest BCUT2D eigenvalue weighted by Crippen LogP contribution is 2.30. The van der Waals surface area contributed by atoms with Gasteiger partial charge in [0.1, 0.15) is 0 Å². The van der Waals surface area contributed by atoms with Crippen molar-refractivity contribution >= 4 is 11.3 Å². The van der Waals surface area contributed by atoms with E-state index < -0.39 is 0 Å². The lowest BCUT2D eigenvalue weighted by Crippen LogP contribution is -2.23. The molecule has 0 radical (unpaired) electrons. The minimum Gasteiger partial charge on any atom is -0.494 e. The van der Waals surface area contributed by atoms with Crippen LogP contribution in [0.3, 0.4) is 0 Å². The van der Waals surface area contributed by atoms with Gasteiger partial charge in [-0.25, -0.2) is 4.39 Å². The molecule has 0 fully saturated rings. The highest BCUT2D eigenvalue weighted by Gasteiger charge is 2.18. The first-order chi connectivity index (χ1) is 9.67. The van der Waals surface area contributed by atoms with Gasteiger partial charge in [0.15, 0.2) is 11.6 Å². The quantitative estimate of drug-likeness (QED) is 0.857. The van der Waals surface area contributed by atoms with Gasteiger partial charge in [0.25, 0.3) is 0 Å². The molecule has 0 aliphatic rings. The number of rotatable bonds is 6. The number of ether oxygens (including phenoxy) is 1. The minimum atomic E-state index is -0.318. The number of halogens is 1. The molecule has 2 rings (SSSR count). The maximum Gasteiger partial charge on any atom is 0.165 e. The summed E-state index contributed by atoms with van der Waals surface area (Å²) in [6.07, 6.45) is 1.04. The van der Waals surface area contributed by atoms with Crippen LogP contribution in [0.25, 0.3) is 0 Å². The molecule has 0 saturated carbocycles. The largest absolute Gasteiger partial charge is 0.494 e. The van der Waals surface area contributed by atoms with Crippen LogP contribution in [0.15, 0.2) is 29.6 Å². The van der Waals surface area contributed by atoms with Crippen LogP contribution in [-0.2, 0) is 0 Å². The van der Waals surface area contributed by atoms with E-state index in [1.165, 1.54) is 17.6 Å². The first-order valence-corrected chi connectivity index (χ1v) is 7.66. The van der Waals surface area contributed by atoms with E-state index in [1.54, 1.807) is 23.5 Å². The molecule has 0 amide bonds. The van der Waals surface area contributed by atoms with Gasteiger partial charge in [0.2, 0.25) is 0 Å². The van der Waals surface area contributed by atoms with Crippen LogP contribution < -0.4 is 10.1 Å². The number of methoxy groups -OCH3 is 1. The van der Waals surface area contributed by atoms with E-state index in [-0.39, 0.29) is 17.6 Å². The summed E-state index contributed by atoms with van der Waals surface area (Å²) in [5.41, 5.74) is 2.14. The fraction of sp³-hybridized carbons (Fsp3) is 0.375. The molecule has 4 heteroatoms. The molecule has 0 aliphatic carbocycles. The van der Waals surface area contributed by atoms with E-state index in [9.17, 15) is 4.39 Å². The summed E-state index contributed by atoms with van der Waals surface area (Å²) < 4.78 is 18.9. The Morgan fingerprint density at radius 1 is 1.35 bits per heavy atom. The predicted molar refractivity (Wildman–Crippen MR) is 82.1 cm³/mol. The summed E-state index contributed by atoms with van der Waals surface area (Å²) in [5.74, 6) is -0.0359. The van der Waals surface area contributed by atoms with Crippen molar-refractivity contribution in [3.05, 3.63) is 51.5 Å². The number of thiophene rings is 1. The highest BCUT2D eigenvalue weighted by molar-refractivity contribution is 7.10. The van der Waals surface area contributed by atoms with Gasteiger partial charge < -0.3 is 10.1 Å². The first kappa shape index (κ1) is 15.0. The van der Waals surface area contributed by atoms with Crippen LogP contribution in [0.2, 0.25) is 0 Å². The van der Waals surface area contributed by atoms with Gasteiger partial charge >= 0.3 is 0 Å². The molecule has 0 spiro atoms. The van der Waals surface area contributed by atoms with Crippen LogP contribution in [0.4, 0.5) is 4.39 Å². The van der Waals surface area contributed by atoms with Crippen molar-refractivity contribution in [1.29, 1.82) is 0 Å². The summed E-state index contributed by atoms with van der Waals surface area (Å²) in [4.78, 5) is 1.26. The van der Waals surface area contributed by atoms with Gasteiger partial charge in [-0.15, -0.1) is 11.3 Å². The van der Waals surface area contributed by atoms with Crippen LogP contribution in [0, 0.1) is 12.7 Å². The van der Waals surface area contributed by atoms with Crippen molar-refractivity contribution in [3.8, 4) is 5.75 Å². The lowest BCUT2D eigenvalue weighted by atomic mass is 9.99. The van der Waals surface area contributed by atoms with E-state index in [0.717, 1.165) is 18.5 Å².